The van der Waals surface area contributed by atoms with Crippen molar-refractivity contribution in [1.29, 1.82) is 0 Å². The van der Waals surface area contributed by atoms with Gasteiger partial charge in [-0.1, -0.05) is 17.7 Å². The summed E-state index contributed by atoms with van der Waals surface area (Å²) in [6, 6.07) is 10.3. The summed E-state index contributed by atoms with van der Waals surface area (Å²) in [5, 5.41) is 2.66. The van der Waals surface area contributed by atoms with Crippen LogP contribution in [0, 0.1) is 19.7 Å². The van der Waals surface area contributed by atoms with Gasteiger partial charge in [0.1, 0.15) is 11.4 Å². The molecule has 3 heterocycles. The van der Waals surface area contributed by atoms with Crippen LogP contribution < -0.4 is 14.8 Å². The lowest BCUT2D eigenvalue weighted by atomic mass is 9.91. The molecule has 2 aliphatic rings. The molecule has 0 aliphatic carbocycles. The van der Waals surface area contributed by atoms with E-state index in [4.69, 9.17) is 21.1 Å². The smallest absolute Gasteiger partial charge is 0.325 e. The second-order valence-corrected chi connectivity index (χ2v) is 9.06. The van der Waals surface area contributed by atoms with Crippen LogP contribution in [0.4, 0.5) is 9.18 Å². The summed E-state index contributed by atoms with van der Waals surface area (Å²) in [6.45, 7) is 4.77. The maximum atomic E-state index is 13.6. The standard InChI is InChI=1S/C25H21ClFN3O5/c1-13-8-17(14(2)30(13)16-5-6-19(27)18(26)10-16)20(31)11-29-23(32)25(3,28-24(29)33)15-4-7-21-22(9-15)35-12-34-21/h4-10H,11-12H2,1-3H3,(H,28,33). The van der Waals surface area contributed by atoms with Gasteiger partial charge in [0.25, 0.3) is 5.91 Å². The van der Waals surface area contributed by atoms with Crippen LogP contribution in [-0.2, 0) is 10.3 Å². The van der Waals surface area contributed by atoms with Gasteiger partial charge in [-0.15, -0.1) is 0 Å². The molecule has 1 atom stereocenters. The van der Waals surface area contributed by atoms with E-state index in [1.54, 1.807) is 55.7 Å². The summed E-state index contributed by atoms with van der Waals surface area (Å²) in [7, 11) is 0. The monoisotopic (exact) mass is 497 g/mol. The number of halogens is 2. The Morgan fingerprint density at radius 1 is 1.11 bits per heavy atom. The van der Waals surface area contributed by atoms with E-state index < -0.39 is 35.6 Å². The van der Waals surface area contributed by atoms with Gasteiger partial charge in [0.2, 0.25) is 6.79 Å². The first kappa shape index (κ1) is 22.9. The number of imide groups is 1. The first-order valence-electron chi connectivity index (χ1n) is 10.8. The first-order chi connectivity index (χ1) is 16.6. The average molecular weight is 498 g/mol. The molecular weight excluding hydrogens is 477 g/mol. The number of rotatable bonds is 5. The molecule has 5 rings (SSSR count). The maximum Gasteiger partial charge on any atom is 0.325 e. The number of carbonyl (C=O) groups is 3. The van der Waals surface area contributed by atoms with Crippen LogP contribution in [0.5, 0.6) is 11.5 Å². The first-order valence-corrected chi connectivity index (χ1v) is 11.2. The average Bonchev–Trinajstić information content (AvgIpc) is 3.47. The van der Waals surface area contributed by atoms with Crippen molar-refractivity contribution < 1.29 is 28.2 Å². The fourth-order valence-corrected chi connectivity index (χ4v) is 4.71. The van der Waals surface area contributed by atoms with Crippen molar-refractivity contribution in [2.75, 3.05) is 13.3 Å². The zero-order valence-electron chi connectivity index (χ0n) is 19.1. The normalized spacial score (nSPS) is 18.8. The van der Waals surface area contributed by atoms with Crippen molar-refractivity contribution in [3.63, 3.8) is 0 Å². The summed E-state index contributed by atoms with van der Waals surface area (Å²) in [4.78, 5) is 40.2. The van der Waals surface area contributed by atoms with E-state index in [2.05, 4.69) is 5.32 Å². The van der Waals surface area contributed by atoms with Crippen molar-refractivity contribution in [1.82, 2.24) is 14.8 Å². The molecule has 1 fully saturated rings. The van der Waals surface area contributed by atoms with Gasteiger partial charge in [-0.2, -0.15) is 0 Å². The molecule has 8 nitrogen and oxygen atoms in total. The van der Waals surface area contributed by atoms with Crippen LogP contribution in [-0.4, -0.2) is 40.5 Å². The number of nitrogens with one attached hydrogen (secondary N) is 1. The summed E-state index contributed by atoms with van der Waals surface area (Å²) < 4.78 is 26.1. The van der Waals surface area contributed by atoms with Crippen LogP contribution >= 0.6 is 11.6 Å². The highest BCUT2D eigenvalue weighted by molar-refractivity contribution is 6.30. The van der Waals surface area contributed by atoms with E-state index in [1.165, 1.54) is 12.1 Å². The Bertz CT molecular complexity index is 1420. The van der Waals surface area contributed by atoms with Crippen molar-refractivity contribution in [3.05, 3.63) is 75.8 Å². The minimum absolute atomic E-state index is 0.0370. The predicted molar refractivity (Wildman–Crippen MR) is 125 cm³/mol. The molecule has 35 heavy (non-hydrogen) atoms. The van der Waals surface area contributed by atoms with Crippen LogP contribution in [0.15, 0.2) is 42.5 Å². The van der Waals surface area contributed by atoms with Gasteiger partial charge in [-0.25, -0.2) is 9.18 Å². The molecule has 180 valence electrons. The van der Waals surface area contributed by atoms with Gasteiger partial charge < -0.3 is 19.4 Å². The number of aryl methyl sites for hydroxylation is 1. The second kappa shape index (κ2) is 8.13. The van der Waals surface area contributed by atoms with Gasteiger partial charge >= 0.3 is 6.03 Å². The summed E-state index contributed by atoms with van der Waals surface area (Å²) in [5.74, 6) is -0.462. The Labute approximate surface area is 205 Å². The molecule has 0 radical (unpaired) electrons. The number of nitrogens with zero attached hydrogens (tertiary/aromatic N) is 2. The van der Waals surface area contributed by atoms with Crippen molar-refractivity contribution in [2.45, 2.75) is 26.3 Å². The fourth-order valence-electron chi connectivity index (χ4n) is 4.54. The van der Waals surface area contributed by atoms with E-state index in [1.807, 2.05) is 0 Å². The molecule has 3 amide bonds. The van der Waals surface area contributed by atoms with Crippen LogP contribution in [0.1, 0.15) is 34.2 Å². The molecule has 1 aromatic heterocycles. The molecule has 0 saturated carbocycles. The number of hydrogen-bond donors (Lipinski definition) is 1. The third-order valence-electron chi connectivity index (χ3n) is 6.42. The van der Waals surface area contributed by atoms with Gasteiger partial charge in [0.15, 0.2) is 17.3 Å². The fraction of sp³-hybridized carbons (Fsp3) is 0.240. The number of carbonyl (C=O) groups excluding carboxylic acids is 3. The van der Waals surface area contributed by atoms with Crippen molar-refractivity contribution in [2.24, 2.45) is 0 Å². The highest BCUT2D eigenvalue weighted by Gasteiger charge is 2.50. The van der Waals surface area contributed by atoms with E-state index in [0.717, 1.165) is 10.6 Å². The van der Waals surface area contributed by atoms with Crippen LogP contribution in [0.3, 0.4) is 0 Å². The number of benzene rings is 2. The van der Waals surface area contributed by atoms with Crippen LogP contribution in [0.25, 0.3) is 5.69 Å². The Balaban J connectivity index is 1.41. The number of urea groups is 1. The van der Waals surface area contributed by atoms with E-state index in [9.17, 15) is 18.8 Å². The number of Topliss-reactive ketones (excluding diaryl/α,β-unsaturated/α-hetero) is 1. The Morgan fingerprint density at radius 2 is 1.86 bits per heavy atom. The van der Waals surface area contributed by atoms with E-state index in [-0.39, 0.29) is 11.8 Å². The summed E-state index contributed by atoms with van der Waals surface area (Å²) >= 11 is 5.93. The number of aromatic nitrogens is 1. The van der Waals surface area contributed by atoms with Crippen molar-refractivity contribution in [3.8, 4) is 17.2 Å². The maximum absolute atomic E-state index is 13.6. The van der Waals surface area contributed by atoms with Gasteiger partial charge in [0.05, 0.1) is 11.6 Å². The Hall–Kier alpha value is -3.85. The second-order valence-electron chi connectivity index (χ2n) is 8.66. The molecular formula is C25H21ClFN3O5. The third-order valence-corrected chi connectivity index (χ3v) is 6.71. The SMILES string of the molecule is Cc1cc(C(=O)CN2C(=O)NC(C)(c3ccc4c(c3)OCO4)C2=O)c(C)n1-c1ccc(F)c(Cl)c1. The molecule has 2 aromatic carbocycles. The zero-order valence-corrected chi connectivity index (χ0v) is 19.9. The van der Waals surface area contributed by atoms with Gasteiger partial charge in [-0.3, -0.25) is 14.5 Å². The molecule has 1 unspecified atom stereocenters. The number of ether oxygens (including phenoxy) is 2. The minimum atomic E-state index is -1.36. The zero-order chi connectivity index (χ0) is 25.1. The predicted octanol–water partition coefficient (Wildman–Crippen LogP) is 4.27. The molecule has 2 aliphatic heterocycles. The molecule has 0 spiro atoms. The Kier molecular flexibility index (Phi) is 5.32. The molecule has 10 heteroatoms. The topological polar surface area (TPSA) is 89.9 Å². The van der Waals surface area contributed by atoms with E-state index in [0.29, 0.717) is 34.0 Å². The summed E-state index contributed by atoms with van der Waals surface area (Å²) in [6.07, 6.45) is 0. The van der Waals surface area contributed by atoms with Gasteiger partial charge in [-0.05, 0) is 62.7 Å². The van der Waals surface area contributed by atoms with Crippen LogP contribution in [0.2, 0.25) is 5.02 Å². The van der Waals surface area contributed by atoms with Gasteiger partial charge in [0, 0.05) is 22.6 Å². The highest BCUT2D eigenvalue weighted by atomic mass is 35.5. The summed E-state index contributed by atoms with van der Waals surface area (Å²) in [5.41, 5.74) is 1.40. The number of ketones is 1. The molecule has 1 saturated heterocycles. The van der Waals surface area contributed by atoms with Crippen molar-refractivity contribution >= 4 is 29.3 Å². The lowest BCUT2D eigenvalue weighted by Crippen LogP contribution is -2.41. The third kappa shape index (κ3) is 3.63. The number of fused-ring (bicyclic) bond motifs is 1. The highest BCUT2D eigenvalue weighted by Crippen LogP contribution is 2.38. The van der Waals surface area contributed by atoms with E-state index >= 15 is 0 Å². The quantitative estimate of drug-likeness (QED) is 0.420. The number of hydrogen-bond acceptors (Lipinski definition) is 5. The molecule has 1 N–H and O–H groups in total. The molecule has 3 aromatic rings. The molecule has 0 bridgehead atoms. The largest absolute Gasteiger partial charge is 0.454 e. The lowest BCUT2D eigenvalue weighted by molar-refractivity contribution is -0.130. The lowest BCUT2D eigenvalue weighted by Gasteiger charge is -2.22. The number of amides is 3. The Morgan fingerprint density at radius 3 is 2.60 bits per heavy atom. The minimum Gasteiger partial charge on any atom is -0.454 e.